The lowest BCUT2D eigenvalue weighted by Crippen LogP contribution is -2.37. The second-order valence-electron chi connectivity index (χ2n) is 4.81. The minimum atomic E-state index is 0.572. The molecule has 1 fully saturated rings. The van der Waals surface area contributed by atoms with E-state index < -0.39 is 0 Å². The largest absolute Gasteiger partial charge is 0.354 e. The number of nitrogens with two attached hydrogens (primary N) is 1. The maximum absolute atomic E-state index is 5.60. The monoisotopic (exact) mass is 233 g/mol. The summed E-state index contributed by atoms with van der Waals surface area (Å²) in [7, 11) is 0. The predicted molar refractivity (Wildman–Crippen MR) is 72.0 cm³/mol. The van der Waals surface area contributed by atoms with Gasteiger partial charge in [0.05, 0.1) is 0 Å². The smallest absolute Gasteiger partial charge is 0.128 e. The van der Waals surface area contributed by atoms with Gasteiger partial charge >= 0.3 is 0 Å². The molecule has 1 aromatic heterocycles. The molecule has 0 radical (unpaired) electrons. The highest BCUT2D eigenvalue weighted by molar-refractivity contribution is 5.40. The molecule has 0 bridgehead atoms. The third kappa shape index (κ3) is 2.97. The van der Waals surface area contributed by atoms with Crippen molar-refractivity contribution in [2.24, 2.45) is 5.73 Å². The molecular formula is C14H23N3. The van der Waals surface area contributed by atoms with E-state index in [-0.39, 0.29) is 0 Å². The molecule has 0 saturated heterocycles. The molecule has 1 saturated carbocycles. The Bertz CT molecular complexity index is 328. The molecule has 0 aliphatic heterocycles. The Balaban J connectivity index is 2.10. The number of pyridine rings is 1. The van der Waals surface area contributed by atoms with E-state index in [1.54, 1.807) is 0 Å². The third-order valence-corrected chi connectivity index (χ3v) is 3.70. The fraction of sp³-hybridized carbons (Fsp3) is 0.643. The molecule has 0 amide bonds. The summed E-state index contributed by atoms with van der Waals surface area (Å²) in [6.07, 6.45) is 8.65. The van der Waals surface area contributed by atoms with Gasteiger partial charge in [-0.15, -0.1) is 0 Å². The lowest BCUT2D eigenvalue weighted by Gasteiger charge is -2.34. The van der Waals surface area contributed by atoms with Gasteiger partial charge in [-0.3, -0.25) is 0 Å². The molecule has 94 valence electrons. The molecule has 0 atom stereocenters. The molecule has 0 unspecified atom stereocenters. The lowest BCUT2D eigenvalue weighted by atomic mass is 9.94. The topological polar surface area (TPSA) is 42.1 Å². The SMILES string of the molecule is CCN(c1ccc(CN)cn1)C1CCCCC1. The quantitative estimate of drug-likeness (QED) is 0.869. The van der Waals surface area contributed by atoms with E-state index in [1.807, 2.05) is 6.20 Å². The Morgan fingerprint density at radius 3 is 2.59 bits per heavy atom. The summed E-state index contributed by atoms with van der Waals surface area (Å²) in [5.74, 6) is 1.11. The minimum absolute atomic E-state index is 0.572. The van der Waals surface area contributed by atoms with Crippen LogP contribution in [0.5, 0.6) is 0 Å². The summed E-state index contributed by atoms with van der Waals surface area (Å²) in [4.78, 5) is 6.99. The molecule has 3 heteroatoms. The van der Waals surface area contributed by atoms with Gasteiger partial charge < -0.3 is 10.6 Å². The molecule has 17 heavy (non-hydrogen) atoms. The van der Waals surface area contributed by atoms with Crippen molar-refractivity contribution in [3.8, 4) is 0 Å². The van der Waals surface area contributed by atoms with E-state index in [0.29, 0.717) is 12.6 Å². The average Bonchev–Trinajstić information content (AvgIpc) is 2.42. The van der Waals surface area contributed by atoms with Crippen molar-refractivity contribution in [2.45, 2.75) is 51.6 Å². The zero-order valence-corrected chi connectivity index (χ0v) is 10.7. The second kappa shape index (κ2) is 6.01. The first-order chi connectivity index (χ1) is 8.35. The van der Waals surface area contributed by atoms with Gasteiger partial charge in [0.1, 0.15) is 5.82 Å². The van der Waals surface area contributed by atoms with Crippen LogP contribution in [0.2, 0.25) is 0 Å². The molecule has 2 N–H and O–H groups in total. The summed E-state index contributed by atoms with van der Waals surface area (Å²) >= 11 is 0. The predicted octanol–water partition coefficient (Wildman–Crippen LogP) is 2.70. The van der Waals surface area contributed by atoms with Crippen molar-refractivity contribution in [2.75, 3.05) is 11.4 Å². The van der Waals surface area contributed by atoms with E-state index in [0.717, 1.165) is 17.9 Å². The summed E-state index contributed by atoms with van der Waals surface area (Å²) in [5.41, 5.74) is 6.70. The Morgan fingerprint density at radius 2 is 2.06 bits per heavy atom. The number of hydrogen-bond acceptors (Lipinski definition) is 3. The van der Waals surface area contributed by atoms with E-state index in [4.69, 9.17) is 5.73 Å². The van der Waals surface area contributed by atoms with Gasteiger partial charge in [0.15, 0.2) is 0 Å². The van der Waals surface area contributed by atoms with Gasteiger partial charge in [-0.1, -0.05) is 25.3 Å². The number of anilines is 1. The van der Waals surface area contributed by atoms with Gasteiger partial charge in [0, 0.05) is 25.3 Å². The first kappa shape index (κ1) is 12.4. The van der Waals surface area contributed by atoms with Gasteiger partial charge in [-0.25, -0.2) is 4.98 Å². The van der Waals surface area contributed by atoms with Crippen LogP contribution in [-0.2, 0) is 6.54 Å². The Labute approximate surface area is 104 Å². The van der Waals surface area contributed by atoms with Crippen molar-refractivity contribution >= 4 is 5.82 Å². The van der Waals surface area contributed by atoms with Gasteiger partial charge in [-0.05, 0) is 31.4 Å². The van der Waals surface area contributed by atoms with Crippen LogP contribution < -0.4 is 10.6 Å². The van der Waals surface area contributed by atoms with Crippen LogP contribution in [0.3, 0.4) is 0 Å². The van der Waals surface area contributed by atoms with Crippen LogP contribution >= 0.6 is 0 Å². The molecule has 2 rings (SSSR count). The molecular weight excluding hydrogens is 210 g/mol. The fourth-order valence-electron chi connectivity index (χ4n) is 2.71. The van der Waals surface area contributed by atoms with Crippen LogP contribution in [0.1, 0.15) is 44.6 Å². The second-order valence-corrected chi connectivity index (χ2v) is 4.81. The van der Waals surface area contributed by atoms with E-state index in [1.165, 1.54) is 32.1 Å². The minimum Gasteiger partial charge on any atom is -0.354 e. The van der Waals surface area contributed by atoms with E-state index in [9.17, 15) is 0 Å². The molecule has 1 aliphatic rings. The molecule has 1 heterocycles. The number of rotatable bonds is 4. The normalized spacial score (nSPS) is 17.1. The third-order valence-electron chi connectivity index (χ3n) is 3.70. The summed E-state index contributed by atoms with van der Waals surface area (Å²) in [6.45, 7) is 3.83. The van der Waals surface area contributed by atoms with Gasteiger partial charge in [0.25, 0.3) is 0 Å². The summed E-state index contributed by atoms with van der Waals surface area (Å²) < 4.78 is 0. The van der Waals surface area contributed by atoms with Crippen LogP contribution in [0, 0.1) is 0 Å². The van der Waals surface area contributed by atoms with E-state index >= 15 is 0 Å². The first-order valence-electron chi connectivity index (χ1n) is 6.76. The van der Waals surface area contributed by atoms with Crippen molar-refractivity contribution in [1.29, 1.82) is 0 Å². The highest BCUT2D eigenvalue weighted by Crippen LogP contribution is 2.25. The number of aromatic nitrogens is 1. The van der Waals surface area contributed by atoms with Crippen molar-refractivity contribution < 1.29 is 0 Å². The van der Waals surface area contributed by atoms with Gasteiger partial charge in [-0.2, -0.15) is 0 Å². The average molecular weight is 233 g/mol. The Hall–Kier alpha value is -1.09. The van der Waals surface area contributed by atoms with Crippen LogP contribution in [0.4, 0.5) is 5.82 Å². The van der Waals surface area contributed by atoms with Crippen LogP contribution in [-0.4, -0.2) is 17.6 Å². The lowest BCUT2D eigenvalue weighted by molar-refractivity contribution is 0.416. The van der Waals surface area contributed by atoms with Crippen molar-refractivity contribution in [1.82, 2.24) is 4.98 Å². The van der Waals surface area contributed by atoms with Gasteiger partial charge in [0.2, 0.25) is 0 Å². The first-order valence-corrected chi connectivity index (χ1v) is 6.76. The van der Waals surface area contributed by atoms with Crippen LogP contribution in [0.15, 0.2) is 18.3 Å². The van der Waals surface area contributed by atoms with E-state index in [2.05, 4.69) is 28.9 Å². The fourth-order valence-corrected chi connectivity index (χ4v) is 2.71. The van der Waals surface area contributed by atoms with Crippen molar-refractivity contribution in [3.05, 3.63) is 23.9 Å². The van der Waals surface area contributed by atoms with Crippen molar-refractivity contribution in [3.63, 3.8) is 0 Å². The summed E-state index contributed by atoms with van der Waals surface area (Å²) in [5, 5.41) is 0. The number of nitrogens with zero attached hydrogens (tertiary/aromatic N) is 2. The van der Waals surface area contributed by atoms with Crippen LogP contribution in [0.25, 0.3) is 0 Å². The Kier molecular flexibility index (Phi) is 4.37. The standard InChI is InChI=1S/C14H23N3/c1-2-17(13-6-4-3-5-7-13)14-9-8-12(10-15)11-16-14/h8-9,11,13H,2-7,10,15H2,1H3. The molecule has 1 aromatic rings. The zero-order valence-electron chi connectivity index (χ0n) is 10.7. The molecule has 0 aromatic carbocycles. The highest BCUT2D eigenvalue weighted by Gasteiger charge is 2.20. The highest BCUT2D eigenvalue weighted by atomic mass is 15.2. The maximum atomic E-state index is 5.60. The Morgan fingerprint density at radius 1 is 1.29 bits per heavy atom. The molecule has 0 spiro atoms. The maximum Gasteiger partial charge on any atom is 0.128 e. The molecule has 3 nitrogen and oxygen atoms in total. The molecule has 1 aliphatic carbocycles. The zero-order chi connectivity index (χ0) is 12.1. The summed E-state index contributed by atoms with van der Waals surface area (Å²) in [6, 6.07) is 4.89. The number of hydrogen-bond donors (Lipinski definition) is 1.